The van der Waals surface area contributed by atoms with E-state index in [4.69, 9.17) is 17.4 Å². The summed E-state index contributed by atoms with van der Waals surface area (Å²) in [5.74, 6) is 5.60. The van der Waals surface area contributed by atoms with Crippen molar-refractivity contribution in [3.63, 3.8) is 0 Å². The molecule has 1 amide bonds. The van der Waals surface area contributed by atoms with Crippen LogP contribution in [0.5, 0.6) is 0 Å². The van der Waals surface area contributed by atoms with Crippen LogP contribution in [0.1, 0.15) is 15.9 Å². The zero-order valence-electron chi connectivity index (χ0n) is 10.4. The van der Waals surface area contributed by atoms with Gasteiger partial charge >= 0.3 is 0 Å². The van der Waals surface area contributed by atoms with Gasteiger partial charge in [0.1, 0.15) is 0 Å². The van der Waals surface area contributed by atoms with Gasteiger partial charge in [0.25, 0.3) is 5.91 Å². The molecule has 0 radical (unpaired) electrons. The summed E-state index contributed by atoms with van der Waals surface area (Å²) >= 11 is 11.0. The summed E-state index contributed by atoms with van der Waals surface area (Å²) in [6, 6.07) is 13.1. The van der Waals surface area contributed by atoms with Crippen LogP contribution in [0.25, 0.3) is 0 Å². The van der Waals surface area contributed by atoms with Crippen molar-refractivity contribution in [3.8, 4) is 0 Å². The number of hydrogen-bond donors (Lipinski definition) is 2. The summed E-state index contributed by atoms with van der Waals surface area (Å²) in [6.07, 6.45) is 0. The first-order chi connectivity index (χ1) is 9.60. The predicted octanol–water partition coefficient (Wildman–Crippen LogP) is 4.00. The van der Waals surface area contributed by atoms with Crippen LogP contribution >= 0.6 is 39.3 Å². The molecule has 6 heteroatoms. The lowest BCUT2D eigenvalue weighted by Gasteiger charge is -2.07. The fraction of sp³-hybridized carbons (Fsp3) is 0.0714. The molecule has 0 spiro atoms. The normalized spacial score (nSPS) is 10.3. The molecule has 0 atom stereocenters. The summed E-state index contributed by atoms with van der Waals surface area (Å²) in [4.78, 5) is 12.6. The standard InChI is InChI=1S/C14H12BrClN2OS/c15-13-7-9(14(19)18-17)1-2-10(13)8-20-12-5-3-11(16)4-6-12/h1-7H,8,17H2,(H,18,19). The van der Waals surface area contributed by atoms with E-state index in [1.165, 1.54) is 0 Å². The lowest BCUT2D eigenvalue weighted by Crippen LogP contribution is -2.29. The third kappa shape index (κ3) is 3.99. The number of nitrogens with one attached hydrogen (secondary N) is 1. The Hall–Kier alpha value is -1.01. The minimum Gasteiger partial charge on any atom is -0.290 e. The highest BCUT2D eigenvalue weighted by Gasteiger charge is 2.07. The van der Waals surface area contributed by atoms with E-state index in [0.717, 1.165) is 25.7 Å². The smallest absolute Gasteiger partial charge is 0.265 e. The summed E-state index contributed by atoms with van der Waals surface area (Å²) in [5.41, 5.74) is 3.75. The van der Waals surface area contributed by atoms with Crippen molar-refractivity contribution in [2.45, 2.75) is 10.6 Å². The van der Waals surface area contributed by atoms with Crippen LogP contribution in [0.4, 0.5) is 0 Å². The first kappa shape index (κ1) is 15.4. The molecule has 0 heterocycles. The highest BCUT2D eigenvalue weighted by molar-refractivity contribution is 9.10. The Morgan fingerprint density at radius 3 is 2.55 bits per heavy atom. The second-order valence-electron chi connectivity index (χ2n) is 4.02. The van der Waals surface area contributed by atoms with Crippen molar-refractivity contribution in [2.24, 2.45) is 5.84 Å². The van der Waals surface area contributed by atoms with Gasteiger partial charge in [-0.3, -0.25) is 10.2 Å². The van der Waals surface area contributed by atoms with Crippen molar-refractivity contribution in [2.75, 3.05) is 0 Å². The molecule has 0 saturated heterocycles. The maximum atomic E-state index is 11.4. The van der Waals surface area contributed by atoms with E-state index in [1.54, 1.807) is 23.9 Å². The summed E-state index contributed by atoms with van der Waals surface area (Å²) < 4.78 is 0.889. The van der Waals surface area contributed by atoms with Crippen LogP contribution in [0.2, 0.25) is 5.02 Å². The average molecular weight is 372 g/mol. The fourth-order valence-corrected chi connectivity index (χ4v) is 3.31. The summed E-state index contributed by atoms with van der Waals surface area (Å²) in [6.45, 7) is 0. The molecular weight excluding hydrogens is 360 g/mol. The third-order valence-corrected chi connectivity index (χ3v) is 4.71. The van der Waals surface area contributed by atoms with Gasteiger partial charge in [-0.15, -0.1) is 11.8 Å². The monoisotopic (exact) mass is 370 g/mol. The second-order valence-corrected chi connectivity index (χ2v) is 6.36. The van der Waals surface area contributed by atoms with Gasteiger partial charge in [0, 0.05) is 25.7 Å². The maximum Gasteiger partial charge on any atom is 0.265 e. The number of carbonyl (C=O) groups is 1. The first-order valence-electron chi connectivity index (χ1n) is 5.78. The first-order valence-corrected chi connectivity index (χ1v) is 7.93. The highest BCUT2D eigenvalue weighted by atomic mass is 79.9. The lowest BCUT2D eigenvalue weighted by molar-refractivity contribution is 0.0953. The van der Waals surface area contributed by atoms with Crippen LogP contribution < -0.4 is 11.3 Å². The topological polar surface area (TPSA) is 55.1 Å². The molecule has 20 heavy (non-hydrogen) atoms. The van der Waals surface area contributed by atoms with Crippen LogP contribution in [0.3, 0.4) is 0 Å². The minimum absolute atomic E-state index is 0.303. The summed E-state index contributed by atoms with van der Waals surface area (Å²) in [7, 11) is 0. The number of amides is 1. The Bertz CT molecular complexity index is 619. The Kier molecular flexibility index (Phi) is 5.48. The van der Waals surface area contributed by atoms with Gasteiger partial charge in [-0.25, -0.2) is 5.84 Å². The van der Waals surface area contributed by atoms with E-state index in [-0.39, 0.29) is 5.91 Å². The van der Waals surface area contributed by atoms with Crippen molar-refractivity contribution in [1.29, 1.82) is 0 Å². The molecule has 0 aliphatic carbocycles. The van der Waals surface area contributed by atoms with E-state index in [9.17, 15) is 4.79 Å². The van der Waals surface area contributed by atoms with Crippen molar-refractivity contribution in [1.82, 2.24) is 5.43 Å². The van der Waals surface area contributed by atoms with Gasteiger partial charge in [-0.1, -0.05) is 33.6 Å². The predicted molar refractivity (Wildman–Crippen MR) is 86.8 cm³/mol. The van der Waals surface area contributed by atoms with Crippen molar-refractivity contribution >= 4 is 45.2 Å². The third-order valence-electron chi connectivity index (χ3n) is 2.65. The molecule has 2 rings (SSSR count). The van der Waals surface area contributed by atoms with Crippen molar-refractivity contribution < 1.29 is 4.79 Å². The maximum absolute atomic E-state index is 11.4. The fourth-order valence-electron chi connectivity index (χ4n) is 1.58. The molecular formula is C14H12BrClN2OS. The molecule has 0 unspecified atom stereocenters. The number of nitrogens with two attached hydrogens (primary N) is 1. The van der Waals surface area contributed by atoms with Gasteiger partial charge in [0.05, 0.1) is 0 Å². The number of hydrazine groups is 1. The molecule has 0 aliphatic rings. The largest absolute Gasteiger partial charge is 0.290 e. The number of rotatable bonds is 4. The molecule has 2 aromatic carbocycles. The molecule has 3 nitrogen and oxygen atoms in total. The van der Waals surface area contributed by atoms with Crippen molar-refractivity contribution in [3.05, 3.63) is 63.1 Å². The minimum atomic E-state index is -0.303. The molecule has 2 aromatic rings. The van der Waals surface area contributed by atoms with Crippen LogP contribution in [-0.2, 0) is 5.75 Å². The molecule has 0 bridgehead atoms. The highest BCUT2D eigenvalue weighted by Crippen LogP contribution is 2.28. The Morgan fingerprint density at radius 2 is 1.95 bits per heavy atom. The molecule has 0 aromatic heterocycles. The number of benzene rings is 2. The average Bonchev–Trinajstić information content (AvgIpc) is 2.46. The lowest BCUT2D eigenvalue weighted by atomic mass is 10.1. The van der Waals surface area contributed by atoms with E-state index in [2.05, 4.69) is 21.4 Å². The van der Waals surface area contributed by atoms with E-state index >= 15 is 0 Å². The van der Waals surface area contributed by atoms with Gasteiger partial charge in [0.2, 0.25) is 0 Å². The Balaban J connectivity index is 2.06. The van der Waals surface area contributed by atoms with Crippen LogP contribution in [-0.4, -0.2) is 5.91 Å². The molecule has 0 aliphatic heterocycles. The molecule has 104 valence electrons. The van der Waals surface area contributed by atoms with Crippen LogP contribution in [0.15, 0.2) is 51.8 Å². The number of carbonyl (C=O) groups excluding carboxylic acids is 1. The zero-order chi connectivity index (χ0) is 14.5. The second kappa shape index (κ2) is 7.13. The van der Waals surface area contributed by atoms with Gasteiger partial charge in [-0.2, -0.15) is 0 Å². The number of halogens is 2. The number of nitrogen functional groups attached to an aromatic ring is 1. The number of thioether (sulfide) groups is 1. The summed E-state index contributed by atoms with van der Waals surface area (Å²) in [5, 5.41) is 0.729. The van der Waals surface area contributed by atoms with E-state index in [0.29, 0.717) is 5.56 Å². The SMILES string of the molecule is NNC(=O)c1ccc(CSc2ccc(Cl)cc2)c(Br)c1. The molecule has 0 fully saturated rings. The van der Waals surface area contributed by atoms with Crippen LogP contribution in [0, 0.1) is 0 Å². The molecule has 3 N–H and O–H groups in total. The Morgan fingerprint density at radius 1 is 1.25 bits per heavy atom. The molecule has 0 saturated carbocycles. The van der Waals surface area contributed by atoms with E-state index in [1.807, 2.05) is 30.3 Å². The Labute approximate surface area is 135 Å². The number of hydrogen-bond acceptors (Lipinski definition) is 3. The quantitative estimate of drug-likeness (QED) is 0.370. The van der Waals surface area contributed by atoms with Gasteiger partial charge in [0.15, 0.2) is 0 Å². The van der Waals surface area contributed by atoms with E-state index < -0.39 is 0 Å². The van der Waals surface area contributed by atoms with Gasteiger partial charge in [-0.05, 0) is 42.0 Å². The van der Waals surface area contributed by atoms with Gasteiger partial charge < -0.3 is 0 Å². The zero-order valence-corrected chi connectivity index (χ0v) is 13.6.